The summed E-state index contributed by atoms with van der Waals surface area (Å²) in [6, 6.07) is 6.59. The number of piperidine rings is 1. The number of hydrogen-bond acceptors (Lipinski definition) is 8. The van der Waals surface area contributed by atoms with Gasteiger partial charge in [0.05, 0.1) is 35.6 Å². The summed E-state index contributed by atoms with van der Waals surface area (Å²) in [5.41, 5.74) is 0.177. The molecule has 2 bridgehead atoms. The molecule has 2 aromatic rings. The fourth-order valence-electron chi connectivity index (χ4n) is 4.03. The molecule has 11 heteroatoms. The summed E-state index contributed by atoms with van der Waals surface area (Å²) in [4.78, 5) is 22.1. The molecular formula is C23H25ClFN5O4. The van der Waals surface area contributed by atoms with E-state index in [9.17, 15) is 4.79 Å². The Hall–Kier alpha value is -3.16. The molecule has 4 rings (SSSR count). The third-order valence-electron chi connectivity index (χ3n) is 5.51. The lowest BCUT2D eigenvalue weighted by atomic mass is 9.84. The van der Waals surface area contributed by atoms with Crippen LogP contribution in [-0.2, 0) is 9.47 Å². The molecule has 0 aliphatic carbocycles. The third kappa shape index (κ3) is 5.32. The van der Waals surface area contributed by atoms with Crippen LogP contribution in [0.5, 0.6) is 5.88 Å². The highest BCUT2D eigenvalue weighted by Gasteiger charge is 2.44. The maximum atomic E-state index is 15.2. The number of carbonyl (C=O) groups excluding carboxylic acids is 1. The van der Waals surface area contributed by atoms with Crippen molar-refractivity contribution in [1.29, 1.82) is 5.26 Å². The molecule has 3 atom stereocenters. The number of nitrogens with one attached hydrogen (secondary N) is 1. The van der Waals surface area contributed by atoms with Crippen molar-refractivity contribution in [1.82, 2.24) is 14.9 Å². The number of aromatic nitrogens is 2. The van der Waals surface area contributed by atoms with Gasteiger partial charge in [-0.25, -0.2) is 9.78 Å². The molecule has 180 valence electrons. The van der Waals surface area contributed by atoms with Crippen LogP contribution >= 0.6 is 11.6 Å². The Balaban J connectivity index is 1.49. The standard InChI is InChI=1S/C23H25ClFN5O4/c1-23(2,3)34-22(31)30-8-14-10-32-11-15(9-30)19(14)33-21-18(25)20(27-12-28-21)29-17-5-4-13(7-26)6-16(17)24/h4-6,12,14-15,19H,8-11H2,1-3H3,(H,27,28,29)/t14-,15?,19?/m1/s1. The minimum atomic E-state index is -0.767. The van der Waals surface area contributed by atoms with Crippen LogP contribution in [0.3, 0.4) is 0 Å². The summed E-state index contributed by atoms with van der Waals surface area (Å²) < 4.78 is 32.4. The molecule has 2 unspecified atom stereocenters. The second-order valence-electron chi connectivity index (χ2n) is 9.30. The number of carbonyl (C=O) groups is 1. The normalized spacial score (nSPS) is 22.0. The zero-order valence-electron chi connectivity index (χ0n) is 19.0. The topological polar surface area (TPSA) is 110 Å². The molecule has 1 aromatic heterocycles. The van der Waals surface area contributed by atoms with Crippen molar-refractivity contribution in [3.63, 3.8) is 0 Å². The molecule has 0 radical (unpaired) electrons. The largest absolute Gasteiger partial charge is 0.471 e. The molecule has 0 saturated carbocycles. The van der Waals surface area contributed by atoms with E-state index in [4.69, 9.17) is 31.1 Å². The minimum absolute atomic E-state index is 0.107. The molecule has 9 nitrogen and oxygen atoms in total. The number of hydrogen-bond donors (Lipinski definition) is 1. The average molecular weight is 490 g/mol. The number of halogens is 2. The summed E-state index contributed by atoms with van der Waals surface area (Å²) in [7, 11) is 0. The number of benzene rings is 1. The average Bonchev–Trinajstić information content (AvgIpc) is 2.76. The van der Waals surface area contributed by atoms with Gasteiger partial charge in [-0.05, 0) is 39.0 Å². The number of likely N-dealkylation sites (tertiary alicyclic amines) is 1. The molecule has 2 aliphatic rings. The third-order valence-corrected chi connectivity index (χ3v) is 5.82. The van der Waals surface area contributed by atoms with Gasteiger partial charge in [-0.1, -0.05) is 11.6 Å². The van der Waals surface area contributed by atoms with E-state index in [1.807, 2.05) is 26.8 Å². The number of ether oxygens (including phenoxy) is 3. The van der Waals surface area contributed by atoms with Crippen LogP contribution in [-0.4, -0.2) is 59.0 Å². The molecule has 2 saturated heterocycles. The number of amides is 1. The summed E-state index contributed by atoms with van der Waals surface area (Å²) in [6.45, 7) is 6.94. The quantitative estimate of drug-likeness (QED) is 0.682. The smallest absolute Gasteiger partial charge is 0.410 e. The molecular weight excluding hydrogens is 465 g/mol. The van der Waals surface area contributed by atoms with Gasteiger partial charge in [-0.15, -0.1) is 0 Å². The van der Waals surface area contributed by atoms with Gasteiger partial charge in [0.15, 0.2) is 5.82 Å². The molecule has 34 heavy (non-hydrogen) atoms. The first-order valence-corrected chi connectivity index (χ1v) is 11.2. The SMILES string of the molecule is CC(C)(C)OC(=O)N1CC2COC[C@@H](C1)C2Oc1ncnc(Nc2ccc(C#N)cc2Cl)c1F. The fraction of sp³-hybridized carbons (Fsp3) is 0.478. The van der Waals surface area contributed by atoms with Crippen LogP contribution in [0, 0.1) is 29.0 Å². The first kappa shape index (κ1) is 24.0. The van der Waals surface area contributed by atoms with Gasteiger partial charge in [0.25, 0.3) is 5.88 Å². The fourth-order valence-corrected chi connectivity index (χ4v) is 4.26. The van der Waals surface area contributed by atoms with Crippen LogP contribution in [0.4, 0.5) is 20.7 Å². The van der Waals surface area contributed by atoms with Gasteiger partial charge in [0.2, 0.25) is 5.82 Å². The lowest BCUT2D eigenvalue weighted by Gasteiger charge is -2.46. The zero-order valence-corrected chi connectivity index (χ0v) is 19.8. The maximum absolute atomic E-state index is 15.2. The highest BCUT2D eigenvalue weighted by molar-refractivity contribution is 6.33. The lowest BCUT2D eigenvalue weighted by molar-refractivity contribution is -0.114. The van der Waals surface area contributed by atoms with Gasteiger partial charge < -0.3 is 24.4 Å². The van der Waals surface area contributed by atoms with Crippen LogP contribution in [0.15, 0.2) is 24.5 Å². The molecule has 1 aromatic carbocycles. The Morgan fingerprint density at radius 1 is 1.29 bits per heavy atom. The maximum Gasteiger partial charge on any atom is 0.410 e. The first-order valence-electron chi connectivity index (χ1n) is 10.8. The number of rotatable bonds is 4. The van der Waals surface area contributed by atoms with Crippen LogP contribution in [0.25, 0.3) is 0 Å². The Morgan fingerprint density at radius 2 is 2.00 bits per heavy atom. The minimum Gasteiger partial charge on any atom is -0.471 e. The van der Waals surface area contributed by atoms with Gasteiger partial charge in [-0.3, -0.25) is 0 Å². The van der Waals surface area contributed by atoms with Crippen molar-refractivity contribution in [3.05, 3.63) is 40.9 Å². The number of nitrogens with zero attached hydrogens (tertiary/aromatic N) is 4. The molecule has 1 amide bonds. The predicted molar refractivity (Wildman–Crippen MR) is 121 cm³/mol. The Labute approximate surface area is 201 Å². The van der Waals surface area contributed by atoms with Crippen molar-refractivity contribution in [2.24, 2.45) is 11.8 Å². The lowest BCUT2D eigenvalue weighted by Crippen LogP contribution is -2.59. The Kier molecular flexibility index (Phi) is 6.77. The number of fused-ring (bicyclic) bond motifs is 2. The molecule has 2 aliphatic heterocycles. The highest BCUT2D eigenvalue weighted by atomic mass is 35.5. The number of anilines is 2. The second kappa shape index (κ2) is 9.60. The van der Waals surface area contributed by atoms with Gasteiger partial charge in [0.1, 0.15) is 18.0 Å². The van der Waals surface area contributed by atoms with Crippen LogP contribution < -0.4 is 10.1 Å². The Bertz CT molecular complexity index is 1110. The molecule has 2 fully saturated rings. The second-order valence-corrected chi connectivity index (χ2v) is 9.71. The molecule has 0 spiro atoms. The first-order chi connectivity index (χ1) is 16.1. The van der Waals surface area contributed by atoms with Gasteiger partial charge in [0, 0.05) is 24.9 Å². The zero-order chi connectivity index (χ0) is 24.5. The van der Waals surface area contributed by atoms with Crippen molar-refractivity contribution in [3.8, 4) is 11.9 Å². The van der Waals surface area contributed by atoms with Crippen molar-refractivity contribution in [2.45, 2.75) is 32.5 Å². The van der Waals surface area contributed by atoms with E-state index in [0.717, 1.165) is 0 Å². The summed E-state index contributed by atoms with van der Waals surface area (Å²) >= 11 is 6.18. The predicted octanol–water partition coefficient (Wildman–Crippen LogP) is 4.15. The van der Waals surface area contributed by atoms with Gasteiger partial charge in [-0.2, -0.15) is 14.6 Å². The van der Waals surface area contributed by atoms with E-state index in [-0.39, 0.29) is 40.8 Å². The van der Waals surface area contributed by atoms with E-state index >= 15 is 4.39 Å². The summed E-state index contributed by atoms with van der Waals surface area (Å²) in [5.74, 6) is -1.41. The molecule has 3 heterocycles. The van der Waals surface area contributed by atoms with E-state index < -0.39 is 11.4 Å². The van der Waals surface area contributed by atoms with E-state index in [1.165, 1.54) is 12.4 Å². The number of nitriles is 1. The summed E-state index contributed by atoms with van der Waals surface area (Å²) in [5, 5.41) is 12.1. The van der Waals surface area contributed by atoms with Gasteiger partial charge >= 0.3 is 6.09 Å². The monoisotopic (exact) mass is 489 g/mol. The van der Waals surface area contributed by atoms with Crippen molar-refractivity contribution >= 4 is 29.2 Å². The highest BCUT2D eigenvalue weighted by Crippen LogP contribution is 2.34. The van der Waals surface area contributed by atoms with Crippen molar-refractivity contribution in [2.75, 3.05) is 31.6 Å². The van der Waals surface area contributed by atoms with Crippen molar-refractivity contribution < 1.29 is 23.4 Å². The summed E-state index contributed by atoms with van der Waals surface area (Å²) in [6.07, 6.45) is 0.422. The van der Waals surface area contributed by atoms with Crippen LogP contribution in [0.1, 0.15) is 26.3 Å². The van der Waals surface area contributed by atoms with Crippen LogP contribution in [0.2, 0.25) is 5.02 Å². The van der Waals surface area contributed by atoms with E-state index in [1.54, 1.807) is 17.0 Å². The Morgan fingerprint density at radius 3 is 2.62 bits per heavy atom. The van der Waals surface area contributed by atoms with E-state index in [2.05, 4.69) is 15.3 Å². The molecule has 1 N–H and O–H groups in total. The van der Waals surface area contributed by atoms with E-state index in [0.29, 0.717) is 37.6 Å².